The van der Waals surface area contributed by atoms with Crippen molar-refractivity contribution in [3.63, 3.8) is 0 Å². The van der Waals surface area contributed by atoms with Gasteiger partial charge in [-0.15, -0.1) is 0 Å². The fourth-order valence-corrected chi connectivity index (χ4v) is 1.85. The Morgan fingerprint density at radius 2 is 2.20 bits per heavy atom. The van der Waals surface area contributed by atoms with Crippen LogP contribution in [0.15, 0.2) is 23.4 Å². The molecule has 0 aliphatic rings. The first kappa shape index (κ1) is 11.6. The van der Waals surface area contributed by atoms with E-state index in [-0.39, 0.29) is 17.2 Å². The molecule has 0 aliphatic heterocycles. The molecule has 5 nitrogen and oxygen atoms in total. The number of carbonyl (C=O) groups is 1. The molecule has 6 heteroatoms. The zero-order valence-corrected chi connectivity index (χ0v) is 9.24. The van der Waals surface area contributed by atoms with Crippen LogP contribution in [0.1, 0.15) is 17.3 Å². The van der Waals surface area contributed by atoms with Crippen molar-refractivity contribution >= 4 is 15.8 Å². The number of hydrogen-bond donors (Lipinski definition) is 0. The van der Waals surface area contributed by atoms with E-state index < -0.39 is 15.8 Å². The Bertz CT molecular complexity index is 467. The molecule has 0 atom stereocenters. The van der Waals surface area contributed by atoms with Crippen LogP contribution in [-0.4, -0.2) is 32.2 Å². The fourth-order valence-electron chi connectivity index (χ4n) is 1.05. The van der Waals surface area contributed by atoms with Gasteiger partial charge in [0.05, 0.1) is 12.2 Å². The molecule has 0 bridgehead atoms. The fraction of sp³-hybridized carbons (Fsp3) is 0.333. The topological polar surface area (TPSA) is 73.3 Å². The highest BCUT2D eigenvalue weighted by atomic mass is 32.2. The van der Waals surface area contributed by atoms with E-state index in [0.29, 0.717) is 0 Å². The molecule has 0 aromatic carbocycles. The summed E-state index contributed by atoms with van der Waals surface area (Å²) in [6, 6.07) is 2.86. The van der Waals surface area contributed by atoms with Crippen LogP contribution >= 0.6 is 0 Å². The standard InChI is InChI=1S/C9H11NO4S/c1-3-14-9(11)7-5-4-6-10-8(7)15(2,12)13/h4-6H,3H2,1-2H3. The van der Waals surface area contributed by atoms with Crippen molar-refractivity contribution in [2.75, 3.05) is 12.9 Å². The van der Waals surface area contributed by atoms with Crippen molar-refractivity contribution in [1.29, 1.82) is 0 Å². The van der Waals surface area contributed by atoms with Gasteiger partial charge in [-0.1, -0.05) is 0 Å². The molecular weight excluding hydrogens is 218 g/mol. The lowest BCUT2D eigenvalue weighted by Crippen LogP contribution is -2.12. The Labute approximate surface area is 88.0 Å². The first-order chi connectivity index (χ1) is 6.96. The summed E-state index contributed by atoms with van der Waals surface area (Å²) in [5.41, 5.74) is -0.0261. The number of nitrogens with zero attached hydrogens (tertiary/aromatic N) is 1. The van der Waals surface area contributed by atoms with E-state index >= 15 is 0 Å². The van der Waals surface area contributed by atoms with Gasteiger partial charge in [-0.3, -0.25) is 0 Å². The summed E-state index contributed by atoms with van der Waals surface area (Å²) in [5.74, 6) is -0.675. The van der Waals surface area contributed by atoms with Crippen LogP contribution in [-0.2, 0) is 14.6 Å². The maximum absolute atomic E-state index is 11.4. The van der Waals surface area contributed by atoms with Gasteiger partial charge in [-0.2, -0.15) is 0 Å². The molecule has 0 saturated carbocycles. The summed E-state index contributed by atoms with van der Waals surface area (Å²) in [6.45, 7) is 1.84. The first-order valence-corrected chi connectivity index (χ1v) is 6.18. The highest BCUT2D eigenvalue weighted by Gasteiger charge is 2.20. The molecule has 0 unspecified atom stereocenters. The number of ether oxygens (including phenoxy) is 1. The summed E-state index contributed by atoms with van der Waals surface area (Å²) >= 11 is 0. The second-order valence-corrected chi connectivity index (χ2v) is 4.78. The zero-order valence-electron chi connectivity index (χ0n) is 8.43. The molecule has 0 spiro atoms. The predicted molar refractivity (Wildman–Crippen MR) is 53.3 cm³/mol. The van der Waals surface area contributed by atoms with Gasteiger partial charge in [-0.25, -0.2) is 18.2 Å². The predicted octanol–water partition coefficient (Wildman–Crippen LogP) is 0.662. The van der Waals surface area contributed by atoms with Gasteiger partial charge in [-0.05, 0) is 19.1 Å². The van der Waals surface area contributed by atoms with Crippen LogP contribution in [0.5, 0.6) is 0 Å². The normalized spacial score (nSPS) is 11.1. The van der Waals surface area contributed by atoms with Crippen LogP contribution < -0.4 is 0 Å². The van der Waals surface area contributed by atoms with E-state index in [2.05, 4.69) is 4.98 Å². The van der Waals surface area contributed by atoms with Crippen molar-refractivity contribution in [2.24, 2.45) is 0 Å². The molecule has 82 valence electrons. The van der Waals surface area contributed by atoms with Crippen molar-refractivity contribution in [1.82, 2.24) is 4.98 Å². The quantitative estimate of drug-likeness (QED) is 0.712. The first-order valence-electron chi connectivity index (χ1n) is 4.29. The minimum atomic E-state index is -3.51. The number of hydrogen-bond acceptors (Lipinski definition) is 5. The van der Waals surface area contributed by atoms with E-state index in [4.69, 9.17) is 4.74 Å². The number of sulfone groups is 1. The van der Waals surface area contributed by atoms with Crippen LogP contribution in [0.4, 0.5) is 0 Å². The van der Waals surface area contributed by atoms with Crippen molar-refractivity contribution in [2.45, 2.75) is 11.9 Å². The molecule has 15 heavy (non-hydrogen) atoms. The third kappa shape index (κ3) is 2.76. The lowest BCUT2D eigenvalue weighted by Gasteiger charge is -2.05. The number of rotatable bonds is 3. The monoisotopic (exact) mass is 229 g/mol. The third-order valence-electron chi connectivity index (χ3n) is 1.62. The summed E-state index contributed by atoms with van der Waals surface area (Å²) in [6.07, 6.45) is 2.32. The second kappa shape index (κ2) is 4.39. The van der Waals surface area contributed by atoms with Gasteiger partial charge in [0.15, 0.2) is 14.9 Å². The minimum Gasteiger partial charge on any atom is -0.462 e. The lowest BCUT2D eigenvalue weighted by atomic mass is 10.3. The Morgan fingerprint density at radius 1 is 1.53 bits per heavy atom. The molecule has 0 fully saturated rings. The Kier molecular flexibility index (Phi) is 3.41. The molecule has 1 heterocycles. The average Bonchev–Trinajstić information content (AvgIpc) is 2.17. The number of pyridine rings is 1. The van der Waals surface area contributed by atoms with E-state index in [1.165, 1.54) is 18.3 Å². The molecule has 0 saturated heterocycles. The Morgan fingerprint density at radius 3 is 2.73 bits per heavy atom. The van der Waals surface area contributed by atoms with Crippen LogP contribution in [0, 0.1) is 0 Å². The van der Waals surface area contributed by atoms with Gasteiger partial charge in [0.1, 0.15) is 0 Å². The zero-order chi connectivity index (χ0) is 11.5. The summed E-state index contributed by atoms with van der Waals surface area (Å²) < 4.78 is 27.3. The average molecular weight is 229 g/mol. The van der Waals surface area contributed by atoms with E-state index in [1.807, 2.05) is 0 Å². The van der Waals surface area contributed by atoms with Gasteiger partial charge in [0.2, 0.25) is 0 Å². The van der Waals surface area contributed by atoms with Gasteiger partial charge >= 0.3 is 5.97 Å². The SMILES string of the molecule is CCOC(=O)c1cccnc1S(C)(=O)=O. The highest BCUT2D eigenvalue weighted by Crippen LogP contribution is 2.12. The number of esters is 1. The van der Waals surface area contributed by atoms with E-state index in [1.54, 1.807) is 6.92 Å². The molecule has 0 N–H and O–H groups in total. The maximum atomic E-state index is 11.4. The van der Waals surface area contributed by atoms with Crippen molar-refractivity contribution < 1.29 is 17.9 Å². The van der Waals surface area contributed by atoms with Crippen LogP contribution in [0.3, 0.4) is 0 Å². The van der Waals surface area contributed by atoms with Crippen LogP contribution in [0.2, 0.25) is 0 Å². The van der Waals surface area contributed by atoms with Gasteiger partial charge < -0.3 is 4.74 Å². The van der Waals surface area contributed by atoms with Crippen molar-refractivity contribution in [3.05, 3.63) is 23.9 Å². The van der Waals surface area contributed by atoms with E-state index in [9.17, 15) is 13.2 Å². The highest BCUT2D eigenvalue weighted by molar-refractivity contribution is 7.90. The Balaban J connectivity index is 3.25. The molecular formula is C9H11NO4S. The molecule has 1 rings (SSSR count). The van der Waals surface area contributed by atoms with E-state index in [0.717, 1.165) is 6.26 Å². The lowest BCUT2D eigenvalue weighted by molar-refractivity contribution is 0.0521. The largest absolute Gasteiger partial charge is 0.462 e. The van der Waals surface area contributed by atoms with Gasteiger partial charge in [0, 0.05) is 12.5 Å². The van der Waals surface area contributed by atoms with Crippen LogP contribution in [0.25, 0.3) is 0 Å². The molecule has 1 aromatic heterocycles. The summed E-state index contributed by atoms with van der Waals surface area (Å²) in [4.78, 5) is 15.0. The summed E-state index contributed by atoms with van der Waals surface area (Å²) in [7, 11) is -3.51. The Hall–Kier alpha value is -1.43. The minimum absolute atomic E-state index is 0.0261. The molecule has 1 aromatic rings. The molecule has 0 amide bonds. The third-order valence-corrected chi connectivity index (χ3v) is 2.65. The smallest absolute Gasteiger partial charge is 0.341 e. The van der Waals surface area contributed by atoms with Gasteiger partial charge in [0.25, 0.3) is 0 Å². The number of aromatic nitrogens is 1. The maximum Gasteiger partial charge on any atom is 0.341 e. The second-order valence-electron chi connectivity index (χ2n) is 2.85. The molecule has 0 aliphatic carbocycles. The summed E-state index contributed by atoms with van der Waals surface area (Å²) in [5, 5.41) is -0.247. The van der Waals surface area contributed by atoms with Crippen molar-refractivity contribution in [3.8, 4) is 0 Å². The molecule has 0 radical (unpaired) electrons. The number of carbonyl (C=O) groups excluding carboxylic acids is 1.